The van der Waals surface area contributed by atoms with Crippen LogP contribution in [0, 0.1) is 0 Å². The van der Waals surface area contributed by atoms with Crippen LogP contribution in [0.5, 0.6) is 5.75 Å². The van der Waals surface area contributed by atoms with Gasteiger partial charge in [-0.15, -0.1) is 11.3 Å². The minimum atomic E-state index is 0.876. The Morgan fingerprint density at radius 3 is 3.06 bits per heavy atom. The first-order valence-electron chi connectivity index (χ1n) is 6.02. The molecule has 0 unspecified atom stereocenters. The van der Waals surface area contributed by atoms with E-state index < -0.39 is 0 Å². The van der Waals surface area contributed by atoms with Crippen molar-refractivity contribution in [2.75, 3.05) is 20.7 Å². The maximum absolute atomic E-state index is 5.23. The lowest BCUT2D eigenvalue weighted by Crippen LogP contribution is -2.10. The topological polar surface area (TPSA) is 34.1 Å². The van der Waals surface area contributed by atoms with Crippen molar-refractivity contribution in [3.05, 3.63) is 45.9 Å². The second-order valence-corrected chi connectivity index (χ2v) is 5.06. The van der Waals surface area contributed by atoms with Crippen LogP contribution in [0.15, 0.2) is 29.6 Å². The maximum atomic E-state index is 5.23. The number of nitrogens with zero attached hydrogens (tertiary/aromatic N) is 1. The van der Waals surface area contributed by atoms with E-state index in [1.165, 1.54) is 11.3 Å². The Balaban J connectivity index is 2.01. The van der Waals surface area contributed by atoms with Crippen LogP contribution >= 0.6 is 11.3 Å². The number of methoxy groups -OCH3 is 1. The number of hydrogen-bond donors (Lipinski definition) is 1. The van der Waals surface area contributed by atoms with Gasteiger partial charge in [-0.05, 0) is 24.7 Å². The predicted molar refractivity (Wildman–Crippen MR) is 75.5 cm³/mol. The molecule has 0 amide bonds. The molecule has 0 radical (unpaired) electrons. The summed E-state index contributed by atoms with van der Waals surface area (Å²) in [5.41, 5.74) is 2.41. The van der Waals surface area contributed by atoms with Gasteiger partial charge >= 0.3 is 0 Å². The van der Waals surface area contributed by atoms with Gasteiger partial charge in [0.05, 0.1) is 17.8 Å². The minimum absolute atomic E-state index is 0.876. The number of ether oxygens (including phenoxy) is 1. The molecule has 0 fully saturated rings. The van der Waals surface area contributed by atoms with E-state index in [1.54, 1.807) is 18.4 Å². The normalized spacial score (nSPS) is 10.6. The second-order valence-electron chi connectivity index (χ2n) is 4.11. The summed E-state index contributed by atoms with van der Waals surface area (Å²) in [5, 5.41) is 6.45. The lowest BCUT2D eigenvalue weighted by atomic mass is 10.1. The number of nitrogens with one attached hydrogen (secondary N) is 1. The maximum Gasteiger partial charge on any atom is 0.119 e. The van der Waals surface area contributed by atoms with Crippen molar-refractivity contribution in [1.82, 2.24) is 10.3 Å². The van der Waals surface area contributed by atoms with Crippen molar-refractivity contribution in [1.29, 1.82) is 0 Å². The molecule has 0 aliphatic rings. The predicted octanol–water partition coefficient (Wildman–Crippen LogP) is 2.50. The van der Waals surface area contributed by atoms with E-state index in [0.717, 1.165) is 30.1 Å². The molecule has 18 heavy (non-hydrogen) atoms. The second kappa shape index (κ2) is 6.52. The third-order valence-electron chi connectivity index (χ3n) is 2.72. The molecular formula is C14H18N2OS. The molecule has 96 valence electrons. The van der Waals surface area contributed by atoms with E-state index in [2.05, 4.69) is 27.8 Å². The van der Waals surface area contributed by atoms with Gasteiger partial charge in [0.2, 0.25) is 0 Å². The van der Waals surface area contributed by atoms with Gasteiger partial charge in [0.1, 0.15) is 5.75 Å². The van der Waals surface area contributed by atoms with Crippen LogP contribution in [-0.4, -0.2) is 25.7 Å². The van der Waals surface area contributed by atoms with E-state index in [1.807, 2.05) is 19.2 Å². The smallest absolute Gasteiger partial charge is 0.119 e. The minimum Gasteiger partial charge on any atom is -0.497 e. The van der Waals surface area contributed by atoms with Gasteiger partial charge in [0.25, 0.3) is 0 Å². The average molecular weight is 262 g/mol. The summed E-state index contributed by atoms with van der Waals surface area (Å²) in [7, 11) is 3.65. The molecule has 0 aliphatic carbocycles. The van der Waals surface area contributed by atoms with Crippen LogP contribution in [0.2, 0.25) is 0 Å². The Labute approximate surface area is 112 Å². The molecule has 1 N–H and O–H groups in total. The summed E-state index contributed by atoms with van der Waals surface area (Å²) in [5.74, 6) is 0.902. The van der Waals surface area contributed by atoms with Gasteiger partial charge in [-0.25, -0.2) is 4.98 Å². The first-order valence-corrected chi connectivity index (χ1v) is 6.90. The third kappa shape index (κ3) is 3.55. The Morgan fingerprint density at radius 2 is 2.28 bits per heavy atom. The van der Waals surface area contributed by atoms with Crippen molar-refractivity contribution >= 4 is 11.3 Å². The molecule has 1 aromatic heterocycles. The molecule has 0 saturated carbocycles. The summed E-state index contributed by atoms with van der Waals surface area (Å²) in [6.45, 7) is 0.975. The van der Waals surface area contributed by atoms with Crippen LogP contribution in [0.1, 0.15) is 16.3 Å². The Bertz CT molecular complexity index is 496. The highest BCUT2D eigenvalue weighted by atomic mass is 32.1. The summed E-state index contributed by atoms with van der Waals surface area (Å²) < 4.78 is 5.23. The fraction of sp³-hybridized carbons (Fsp3) is 0.357. The average Bonchev–Trinajstić information content (AvgIpc) is 2.84. The van der Waals surface area contributed by atoms with Crippen molar-refractivity contribution in [2.45, 2.75) is 12.8 Å². The van der Waals surface area contributed by atoms with Gasteiger partial charge in [-0.2, -0.15) is 0 Å². The van der Waals surface area contributed by atoms with Gasteiger partial charge < -0.3 is 10.1 Å². The number of benzene rings is 1. The number of hydrogen-bond acceptors (Lipinski definition) is 4. The quantitative estimate of drug-likeness (QED) is 0.868. The Morgan fingerprint density at radius 1 is 1.39 bits per heavy atom. The van der Waals surface area contributed by atoms with Crippen LogP contribution in [0.4, 0.5) is 0 Å². The van der Waals surface area contributed by atoms with E-state index in [4.69, 9.17) is 4.74 Å². The molecule has 1 aromatic carbocycles. The molecule has 0 bridgehead atoms. The van der Waals surface area contributed by atoms with Gasteiger partial charge in [-0.3, -0.25) is 0 Å². The molecule has 0 aliphatic heterocycles. The van der Waals surface area contributed by atoms with Crippen molar-refractivity contribution in [2.24, 2.45) is 0 Å². The highest BCUT2D eigenvalue weighted by molar-refractivity contribution is 7.09. The number of likely N-dealkylation sites (N-methyl/N-ethyl adjacent to an activating group) is 1. The molecule has 0 saturated heterocycles. The SMILES string of the molecule is CNCCc1csc(Cc2cccc(OC)c2)n1. The number of rotatable bonds is 6. The monoisotopic (exact) mass is 262 g/mol. The lowest BCUT2D eigenvalue weighted by Gasteiger charge is -2.02. The number of aromatic nitrogens is 1. The zero-order valence-electron chi connectivity index (χ0n) is 10.8. The molecule has 2 aromatic rings. The van der Waals surface area contributed by atoms with Gasteiger partial charge in [0, 0.05) is 24.8 Å². The number of thiazole rings is 1. The highest BCUT2D eigenvalue weighted by Gasteiger charge is 2.04. The Hall–Kier alpha value is -1.39. The zero-order valence-corrected chi connectivity index (χ0v) is 11.6. The third-order valence-corrected chi connectivity index (χ3v) is 3.62. The van der Waals surface area contributed by atoms with Crippen LogP contribution < -0.4 is 10.1 Å². The fourth-order valence-electron chi connectivity index (χ4n) is 1.76. The summed E-state index contributed by atoms with van der Waals surface area (Å²) in [6, 6.07) is 8.15. The van der Waals surface area contributed by atoms with Gasteiger partial charge in [-0.1, -0.05) is 12.1 Å². The van der Waals surface area contributed by atoms with Crippen molar-refractivity contribution < 1.29 is 4.74 Å². The molecule has 4 heteroatoms. The summed E-state index contributed by atoms with van der Waals surface area (Å²) in [6.07, 6.45) is 1.87. The van der Waals surface area contributed by atoms with Crippen LogP contribution in [0.25, 0.3) is 0 Å². The largest absolute Gasteiger partial charge is 0.497 e. The van der Waals surface area contributed by atoms with E-state index >= 15 is 0 Å². The fourth-order valence-corrected chi connectivity index (χ4v) is 2.62. The van der Waals surface area contributed by atoms with Crippen LogP contribution in [0.3, 0.4) is 0 Å². The molecular weight excluding hydrogens is 244 g/mol. The molecule has 0 spiro atoms. The van der Waals surface area contributed by atoms with E-state index in [0.29, 0.717) is 0 Å². The highest BCUT2D eigenvalue weighted by Crippen LogP contribution is 2.18. The lowest BCUT2D eigenvalue weighted by molar-refractivity contribution is 0.414. The molecule has 1 heterocycles. The van der Waals surface area contributed by atoms with Crippen molar-refractivity contribution in [3.63, 3.8) is 0 Å². The standard InChI is InChI=1S/C14H18N2OS/c1-15-7-6-12-10-18-14(16-12)9-11-4-3-5-13(8-11)17-2/h3-5,8,10,15H,6-7,9H2,1-2H3. The van der Waals surface area contributed by atoms with Crippen LogP contribution in [-0.2, 0) is 12.8 Å². The first-order chi connectivity index (χ1) is 8.81. The first kappa shape index (κ1) is 13.1. The van der Waals surface area contributed by atoms with E-state index in [9.17, 15) is 0 Å². The summed E-state index contributed by atoms with van der Waals surface area (Å²) in [4.78, 5) is 4.64. The zero-order chi connectivity index (χ0) is 12.8. The van der Waals surface area contributed by atoms with E-state index in [-0.39, 0.29) is 0 Å². The molecule has 3 nitrogen and oxygen atoms in total. The Kier molecular flexibility index (Phi) is 4.73. The van der Waals surface area contributed by atoms with Crippen molar-refractivity contribution in [3.8, 4) is 5.75 Å². The molecule has 2 rings (SSSR count). The molecule has 0 atom stereocenters. The van der Waals surface area contributed by atoms with Gasteiger partial charge in [0.15, 0.2) is 0 Å². The summed E-state index contributed by atoms with van der Waals surface area (Å²) >= 11 is 1.73.